The molecule has 0 unspecified atom stereocenters. The molecule has 5 nitrogen and oxygen atoms in total. The van der Waals surface area contributed by atoms with Crippen molar-refractivity contribution in [3.8, 4) is 0 Å². The summed E-state index contributed by atoms with van der Waals surface area (Å²) in [6.07, 6.45) is 6.40. The molecule has 4 heterocycles. The van der Waals surface area contributed by atoms with E-state index in [2.05, 4.69) is 38.5 Å². The monoisotopic (exact) mass is 329 g/mol. The summed E-state index contributed by atoms with van der Waals surface area (Å²) in [4.78, 5) is 16.6. The summed E-state index contributed by atoms with van der Waals surface area (Å²) < 4.78 is 0. The van der Waals surface area contributed by atoms with Crippen LogP contribution in [0, 0.1) is 18.3 Å². The molecule has 3 saturated heterocycles. The summed E-state index contributed by atoms with van der Waals surface area (Å²) in [5, 5.41) is 0. The van der Waals surface area contributed by atoms with Gasteiger partial charge >= 0.3 is 0 Å². The lowest BCUT2D eigenvalue weighted by Gasteiger charge is -2.62. The number of hydrogen-bond acceptors (Lipinski definition) is 5. The van der Waals surface area contributed by atoms with E-state index < -0.39 is 0 Å². The Morgan fingerprint density at radius 1 is 1.08 bits per heavy atom. The quantitative estimate of drug-likeness (QED) is 0.845. The molecule has 3 fully saturated rings. The van der Waals surface area contributed by atoms with Crippen molar-refractivity contribution in [1.82, 2.24) is 19.8 Å². The van der Waals surface area contributed by atoms with Gasteiger partial charge in [0.2, 0.25) is 5.95 Å². The number of piperidine rings is 1. The van der Waals surface area contributed by atoms with Crippen LogP contribution in [0.15, 0.2) is 12.4 Å². The maximum atomic E-state index is 4.47. The van der Waals surface area contributed by atoms with E-state index >= 15 is 0 Å². The second-order valence-corrected chi connectivity index (χ2v) is 8.66. The highest BCUT2D eigenvalue weighted by Crippen LogP contribution is 2.41. The number of nitrogens with zero attached hydrogens (tertiary/aromatic N) is 5. The van der Waals surface area contributed by atoms with Crippen LogP contribution in [0.5, 0.6) is 0 Å². The maximum Gasteiger partial charge on any atom is 0.225 e. The summed E-state index contributed by atoms with van der Waals surface area (Å²) in [5.74, 6) is 1.76. The van der Waals surface area contributed by atoms with Crippen molar-refractivity contribution in [3.63, 3.8) is 0 Å². The molecular formula is C19H31N5. The van der Waals surface area contributed by atoms with Crippen LogP contribution < -0.4 is 4.90 Å². The van der Waals surface area contributed by atoms with Crippen LogP contribution in [0.25, 0.3) is 0 Å². The van der Waals surface area contributed by atoms with Crippen molar-refractivity contribution in [2.24, 2.45) is 11.3 Å². The number of likely N-dealkylation sites (tertiary alicyclic amines) is 2. The first-order valence-electron chi connectivity index (χ1n) is 9.53. The van der Waals surface area contributed by atoms with Gasteiger partial charge < -0.3 is 9.80 Å². The van der Waals surface area contributed by atoms with E-state index in [4.69, 9.17) is 0 Å². The van der Waals surface area contributed by atoms with Gasteiger partial charge in [0.05, 0.1) is 0 Å². The number of hydrogen-bond donors (Lipinski definition) is 0. The van der Waals surface area contributed by atoms with Crippen LogP contribution in [0.3, 0.4) is 0 Å². The molecule has 1 spiro atoms. The minimum absolute atomic E-state index is 0.653. The summed E-state index contributed by atoms with van der Waals surface area (Å²) >= 11 is 0. The Balaban J connectivity index is 1.19. The minimum atomic E-state index is 0.653. The SMILES string of the molecule is Cc1cnc(N2CCC(CN3CC4(C3)CN(C(C)C)C4)CC2)nc1. The molecule has 3 aliphatic rings. The standard InChI is InChI=1S/C19H31N5/c1-15(2)24-13-19(14-24)11-22(12-19)10-17-4-6-23(7-5-17)18-20-8-16(3)9-21-18/h8-9,15,17H,4-7,10-14H2,1-3H3. The first-order chi connectivity index (χ1) is 11.5. The van der Waals surface area contributed by atoms with Gasteiger partial charge in [0.1, 0.15) is 0 Å². The molecule has 4 rings (SSSR count). The molecule has 0 saturated carbocycles. The Morgan fingerprint density at radius 3 is 2.29 bits per heavy atom. The third-order valence-corrected chi connectivity index (χ3v) is 6.11. The molecule has 1 aromatic heterocycles. The third kappa shape index (κ3) is 3.16. The fourth-order valence-corrected chi connectivity index (χ4v) is 4.64. The lowest BCUT2D eigenvalue weighted by molar-refractivity contribution is -0.129. The number of anilines is 1. The van der Waals surface area contributed by atoms with Crippen LogP contribution in [0.1, 0.15) is 32.3 Å². The lowest BCUT2D eigenvalue weighted by Crippen LogP contribution is -2.73. The predicted octanol–water partition coefficient (Wildman–Crippen LogP) is 2.03. The highest BCUT2D eigenvalue weighted by Gasteiger charge is 2.52. The van der Waals surface area contributed by atoms with Gasteiger partial charge in [-0.15, -0.1) is 0 Å². The smallest absolute Gasteiger partial charge is 0.225 e. The van der Waals surface area contributed by atoms with Gasteiger partial charge in [-0.1, -0.05) is 0 Å². The van der Waals surface area contributed by atoms with Crippen LogP contribution in [0.4, 0.5) is 5.95 Å². The molecule has 1 aromatic rings. The predicted molar refractivity (Wildman–Crippen MR) is 97.3 cm³/mol. The van der Waals surface area contributed by atoms with Crippen molar-refractivity contribution in [2.45, 2.75) is 39.7 Å². The molecule has 0 amide bonds. The largest absolute Gasteiger partial charge is 0.341 e. The first kappa shape index (κ1) is 16.3. The Morgan fingerprint density at radius 2 is 1.71 bits per heavy atom. The zero-order valence-electron chi connectivity index (χ0n) is 15.4. The number of rotatable bonds is 4. The Kier molecular flexibility index (Phi) is 4.25. The average Bonchev–Trinajstić information content (AvgIpc) is 2.49. The van der Waals surface area contributed by atoms with E-state index in [-0.39, 0.29) is 0 Å². The van der Waals surface area contributed by atoms with Crippen LogP contribution in [0.2, 0.25) is 0 Å². The van der Waals surface area contributed by atoms with Crippen molar-refractivity contribution < 1.29 is 0 Å². The fourth-order valence-electron chi connectivity index (χ4n) is 4.64. The summed E-state index contributed by atoms with van der Waals surface area (Å²) in [7, 11) is 0. The number of aryl methyl sites for hydroxylation is 1. The topological polar surface area (TPSA) is 35.5 Å². The zero-order valence-corrected chi connectivity index (χ0v) is 15.4. The summed E-state index contributed by atoms with van der Waals surface area (Å²) in [6.45, 7) is 15.5. The molecule has 0 atom stereocenters. The Labute approximate surface area is 146 Å². The molecule has 132 valence electrons. The Bertz CT molecular complexity index is 548. The van der Waals surface area contributed by atoms with Gasteiger partial charge in [-0.3, -0.25) is 4.90 Å². The average molecular weight is 329 g/mol. The molecule has 3 aliphatic heterocycles. The van der Waals surface area contributed by atoms with Crippen LogP contribution >= 0.6 is 0 Å². The van der Waals surface area contributed by atoms with E-state index in [0.717, 1.165) is 36.6 Å². The zero-order chi connectivity index (χ0) is 16.7. The van der Waals surface area contributed by atoms with Crippen molar-refractivity contribution >= 4 is 5.95 Å². The minimum Gasteiger partial charge on any atom is -0.341 e. The molecule has 0 bridgehead atoms. The normalized spacial score (nSPS) is 25.1. The molecular weight excluding hydrogens is 298 g/mol. The van der Waals surface area contributed by atoms with Gasteiger partial charge in [0, 0.05) is 69.7 Å². The third-order valence-electron chi connectivity index (χ3n) is 6.11. The van der Waals surface area contributed by atoms with E-state index in [9.17, 15) is 0 Å². The molecule has 0 radical (unpaired) electrons. The second-order valence-electron chi connectivity index (χ2n) is 8.66. The van der Waals surface area contributed by atoms with Gasteiger partial charge in [0.15, 0.2) is 0 Å². The van der Waals surface area contributed by atoms with Crippen LogP contribution in [-0.2, 0) is 0 Å². The van der Waals surface area contributed by atoms with Gasteiger partial charge in [0.25, 0.3) is 0 Å². The first-order valence-corrected chi connectivity index (χ1v) is 9.53. The van der Waals surface area contributed by atoms with E-state index in [1.54, 1.807) is 0 Å². The molecule has 0 aromatic carbocycles. The van der Waals surface area contributed by atoms with Gasteiger partial charge in [-0.2, -0.15) is 0 Å². The molecule has 5 heteroatoms. The van der Waals surface area contributed by atoms with E-state index in [0.29, 0.717) is 5.41 Å². The van der Waals surface area contributed by atoms with E-state index in [1.165, 1.54) is 45.6 Å². The lowest BCUT2D eigenvalue weighted by atomic mass is 9.72. The number of aromatic nitrogens is 2. The van der Waals surface area contributed by atoms with Gasteiger partial charge in [-0.25, -0.2) is 9.97 Å². The fraction of sp³-hybridized carbons (Fsp3) is 0.789. The molecule has 0 aliphatic carbocycles. The second kappa shape index (κ2) is 6.26. The molecule has 0 N–H and O–H groups in total. The van der Waals surface area contributed by atoms with Crippen molar-refractivity contribution in [2.75, 3.05) is 50.7 Å². The van der Waals surface area contributed by atoms with Crippen molar-refractivity contribution in [1.29, 1.82) is 0 Å². The van der Waals surface area contributed by atoms with E-state index in [1.807, 2.05) is 19.3 Å². The highest BCUT2D eigenvalue weighted by molar-refractivity contribution is 5.30. The summed E-state index contributed by atoms with van der Waals surface area (Å²) in [6, 6.07) is 0.720. The van der Waals surface area contributed by atoms with Crippen molar-refractivity contribution in [3.05, 3.63) is 18.0 Å². The maximum absolute atomic E-state index is 4.47. The molecule has 24 heavy (non-hydrogen) atoms. The van der Waals surface area contributed by atoms with Gasteiger partial charge in [-0.05, 0) is 45.1 Å². The Hall–Kier alpha value is -1.20. The highest BCUT2D eigenvalue weighted by atomic mass is 15.3. The summed E-state index contributed by atoms with van der Waals surface area (Å²) in [5.41, 5.74) is 1.79. The van der Waals surface area contributed by atoms with Crippen LogP contribution in [-0.4, -0.2) is 71.6 Å².